The van der Waals surface area contributed by atoms with E-state index in [2.05, 4.69) is 235 Å². The van der Waals surface area contributed by atoms with E-state index in [1.807, 2.05) is 6.07 Å². The molecule has 4 nitrogen and oxygen atoms in total. The predicted molar refractivity (Wildman–Crippen MR) is 289 cm³/mol. The number of benzene rings is 11. The molecule has 0 unspecified atom stereocenters. The molecule has 0 saturated carbocycles. The summed E-state index contributed by atoms with van der Waals surface area (Å²) in [6.45, 7) is 4.67. The van der Waals surface area contributed by atoms with E-state index in [4.69, 9.17) is 9.97 Å². The Kier molecular flexibility index (Phi) is 7.81. The average molecular weight is 879 g/mol. The summed E-state index contributed by atoms with van der Waals surface area (Å²) in [6.07, 6.45) is 0. The third-order valence-corrected chi connectivity index (χ3v) is 15.3. The molecule has 3 heterocycles. The number of fused-ring (bicyclic) bond motifs is 14. The Hall–Kier alpha value is -8.86. The predicted octanol–water partition coefficient (Wildman–Crippen LogP) is 16.9. The van der Waals surface area contributed by atoms with Crippen LogP contribution in [0.1, 0.15) is 25.0 Å². The minimum atomic E-state index is -0.141. The number of hydrogen-bond donors (Lipinski definition) is 0. The third kappa shape index (κ3) is 5.40. The van der Waals surface area contributed by atoms with E-state index < -0.39 is 0 Å². The molecule has 0 bridgehead atoms. The molecule has 1 aliphatic rings. The van der Waals surface area contributed by atoms with Crippen molar-refractivity contribution in [3.8, 4) is 45.0 Å². The molecule has 11 aromatic carbocycles. The molecule has 0 radical (unpaired) electrons. The van der Waals surface area contributed by atoms with Crippen LogP contribution in [0.15, 0.2) is 218 Å². The quantitative estimate of drug-likeness (QED) is 0.177. The molecule has 0 amide bonds. The molecule has 0 atom stereocenters. The Labute approximate surface area is 398 Å². The Bertz CT molecular complexity index is 4530. The van der Waals surface area contributed by atoms with E-state index in [0.717, 1.165) is 55.7 Å². The lowest BCUT2D eigenvalue weighted by Crippen LogP contribution is -2.15. The number of aromatic nitrogens is 4. The van der Waals surface area contributed by atoms with Gasteiger partial charge in [0.05, 0.1) is 50.2 Å². The highest BCUT2D eigenvalue weighted by Gasteiger charge is 2.35. The van der Waals surface area contributed by atoms with E-state index >= 15 is 0 Å². The van der Waals surface area contributed by atoms with E-state index in [9.17, 15) is 0 Å². The van der Waals surface area contributed by atoms with Gasteiger partial charge in [0.25, 0.3) is 0 Å². The van der Waals surface area contributed by atoms with Gasteiger partial charge in [-0.3, -0.25) is 0 Å². The molecule has 0 N–H and O–H groups in total. The average Bonchev–Trinajstić information content (AvgIpc) is 3.99. The Morgan fingerprint density at radius 2 is 0.971 bits per heavy atom. The van der Waals surface area contributed by atoms with Crippen molar-refractivity contribution in [1.82, 2.24) is 19.1 Å². The smallest absolute Gasteiger partial charge is 0.0979 e. The van der Waals surface area contributed by atoms with Crippen LogP contribution in [0.2, 0.25) is 0 Å². The number of rotatable bonds is 4. The molecule has 0 spiro atoms. The topological polar surface area (TPSA) is 35.6 Å². The third-order valence-electron chi connectivity index (χ3n) is 15.3. The highest BCUT2D eigenvalue weighted by atomic mass is 15.0. The summed E-state index contributed by atoms with van der Waals surface area (Å²) >= 11 is 0. The summed E-state index contributed by atoms with van der Waals surface area (Å²) in [5.41, 5.74) is 17.9. The van der Waals surface area contributed by atoms with Crippen molar-refractivity contribution < 1.29 is 0 Å². The fourth-order valence-electron chi connectivity index (χ4n) is 12.0. The molecule has 1 aliphatic carbocycles. The summed E-state index contributed by atoms with van der Waals surface area (Å²) in [5, 5.41) is 12.1. The normalized spacial score (nSPS) is 13.2. The summed E-state index contributed by atoms with van der Waals surface area (Å²) in [7, 11) is 0. The molecule has 322 valence electrons. The van der Waals surface area contributed by atoms with Crippen LogP contribution in [-0.4, -0.2) is 19.1 Å². The second-order valence-electron chi connectivity index (χ2n) is 19.3. The fourth-order valence-corrected chi connectivity index (χ4v) is 12.0. The van der Waals surface area contributed by atoms with Crippen LogP contribution < -0.4 is 0 Å². The SMILES string of the molecule is CC1(C)c2ccccc2-c2ccc(-c3nc4ccccc4nc3-c3ccc(-n4c5ccccc5c5cc6cc(-n7c8ccccc8c8ccc9ccccc9c87)ccc6cc54)c4ccccc34)cc21. The molecule has 14 aromatic rings. The van der Waals surface area contributed by atoms with E-state index in [-0.39, 0.29) is 5.41 Å². The monoisotopic (exact) mass is 878 g/mol. The lowest BCUT2D eigenvalue weighted by Gasteiger charge is -2.22. The van der Waals surface area contributed by atoms with Crippen molar-refractivity contribution in [2.24, 2.45) is 0 Å². The van der Waals surface area contributed by atoms with Gasteiger partial charge >= 0.3 is 0 Å². The molecular weight excluding hydrogens is 837 g/mol. The highest BCUT2D eigenvalue weighted by Crippen LogP contribution is 2.50. The van der Waals surface area contributed by atoms with Crippen LogP contribution >= 0.6 is 0 Å². The van der Waals surface area contributed by atoms with Crippen LogP contribution in [0.5, 0.6) is 0 Å². The van der Waals surface area contributed by atoms with Gasteiger partial charge in [0.15, 0.2) is 0 Å². The van der Waals surface area contributed by atoms with E-state index in [1.165, 1.54) is 87.4 Å². The summed E-state index contributed by atoms with van der Waals surface area (Å²) in [5.74, 6) is 0. The van der Waals surface area contributed by atoms with Gasteiger partial charge in [0.2, 0.25) is 0 Å². The Morgan fingerprint density at radius 3 is 1.80 bits per heavy atom. The largest absolute Gasteiger partial charge is 0.309 e. The Morgan fingerprint density at radius 1 is 0.348 bits per heavy atom. The molecule has 3 aromatic heterocycles. The van der Waals surface area contributed by atoms with Crippen molar-refractivity contribution in [2.45, 2.75) is 19.3 Å². The van der Waals surface area contributed by atoms with Gasteiger partial charge in [-0.1, -0.05) is 166 Å². The van der Waals surface area contributed by atoms with Crippen molar-refractivity contribution >= 4 is 87.0 Å². The molecule has 69 heavy (non-hydrogen) atoms. The molecule has 0 fully saturated rings. The van der Waals surface area contributed by atoms with Crippen LogP contribution in [0.3, 0.4) is 0 Å². The summed E-state index contributed by atoms with van der Waals surface area (Å²) in [4.78, 5) is 10.9. The first kappa shape index (κ1) is 38.3. The molecule has 0 aliphatic heterocycles. The van der Waals surface area contributed by atoms with Gasteiger partial charge in [-0.15, -0.1) is 0 Å². The fraction of sp³-hybridized carbons (Fsp3) is 0.0462. The number of hydrogen-bond acceptors (Lipinski definition) is 2. The maximum atomic E-state index is 5.47. The van der Waals surface area contributed by atoms with E-state index in [0.29, 0.717) is 0 Å². The lowest BCUT2D eigenvalue weighted by molar-refractivity contribution is 0.660. The standard InChI is InChI=1S/C65H42N4/c1-65(2)54-22-10-7-18-46(54)47-31-29-41(37-55(47)65)62-63(67-57-24-12-11-23-56(57)66-62)51-33-34-60(48-19-6-5-17-45(48)51)69-59-26-14-9-21-50(59)53-36-42-35-43(30-27-40(42)38-61(53)69)68-58-25-13-8-20-49(58)52-32-28-39-15-3-4-16-44(39)64(52)68/h3-38H,1-2H3. The lowest BCUT2D eigenvalue weighted by atomic mass is 9.81. The van der Waals surface area contributed by atoms with Crippen molar-refractivity contribution in [2.75, 3.05) is 0 Å². The van der Waals surface area contributed by atoms with Crippen molar-refractivity contribution in [3.63, 3.8) is 0 Å². The minimum absolute atomic E-state index is 0.141. The van der Waals surface area contributed by atoms with Gasteiger partial charge in [0, 0.05) is 54.5 Å². The van der Waals surface area contributed by atoms with Gasteiger partial charge in [-0.2, -0.15) is 0 Å². The molecule has 0 saturated heterocycles. The second kappa shape index (κ2) is 14.1. The van der Waals surface area contributed by atoms with Gasteiger partial charge in [0.1, 0.15) is 0 Å². The Balaban J connectivity index is 0.925. The first-order valence-corrected chi connectivity index (χ1v) is 23.9. The maximum absolute atomic E-state index is 5.47. The van der Waals surface area contributed by atoms with Crippen LogP contribution in [0.4, 0.5) is 0 Å². The van der Waals surface area contributed by atoms with Crippen molar-refractivity contribution in [3.05, 3.63) is 230 Å². The summed E-state index contributed by atoms with van der Waals surface area (Å²) < 4.78 is 4.93. The van der Waals surface area contributed by atoms with Gasteiger partial charge in [-0.05, 0) is 111 Å². The molecule has 15 rings (SSSR count). The summed E-state index contributed by atoms with van der Waals surface area (Å²) in [6, 6.07) is 80.1. The highest BCUT2D eigenvalue weighted by molar-refractivity contribution is 6.19. The van der Waals surface area contributed by atoms with Crippen molar-refractivity contribution in [1.29, 1.82) is 0 Å². The van der Waals surface area contributed by atoms with Gasteiger partial charge in [-0.25, -0.2) is 9.97 Å². The molecular formula is C65H42N4. The first-order valence-electron chi connectivity index (χ1n) is 23.9. The maximum Gasteiger partial charge on any atom is 0.0979 e. The first-order chi connectivity index (χ1) is 34.0. The number of nitrogens with zero attached hydrogens (tertiary/aromatic N) is 4. The zero-order valence-electron chi connectivity index (χ0n) is 38.1. The van der Waals surface area contributed by atoms with Crippen LogP contribution in [-0.2, 0) is 5.41 Å². The van der Waals surface area contributed by atoms with Crippen LogP contribution in [0, 0.1) is 0 Å². The zero-order chi connectivity index (χ0) is 45.5. The number of para-hydroxylation sites is 4. The zero-order valence-corrected chi connectivity index (χ0v) is 38.1. The molecule has 4 heteroatoms. The second-order valence-corrected chi connectivity index (χ2v) is 19.3. The minimum Gasteiger partial charge on any atom is -0.309 e. The van der Waals surface area contributed by atoms with Gasteiger partial charge < -0.3 is 9.13 Å². The van der Waals surface area contributed by atoms with E-state index in [1.54, 1.807) is 0 Å². The van der Waals surface area contributed by atoms with Crippen LogP contribution in [0.25, 0.3) is 132 Å².